The molecule has 0 aliphatic carbocycles. The van der Waals surface area contributed by atoms with Crippen LogP contribution in [0.4, 0.5) is 0 Å². The van der Waals surface area contributed by atoms with E-state index in [1.54, 1.807) is 6.26 Å². The van der Waals surface area contributed by atoms with Gasteiger partial charge in [0.2, 0.25) is 5.91 Å². The summed E-state index contributed by atoms with van der Waals surface area (Å²) in [7, 11) is 0. The Morgan fingerprint density at radius 2 is 1.96 bits per heavy atom. The fourth-order valence-corrected chi connectivity index (χ4v) is 3.29. The number of furan rings is 1. The highest BCUT2D eigenvalue weighted by Gasteiger charge is 2.29. The van der Waals surface area contributed by atoms with E-state index in [-0.39, 0.29) is 17.9 Å². The highest BCUT2D eigenvalue weighted by molar-refractivity contribution is 5.94. The average Bonchev–Trinajstić information content (AvgIpc) is 3.04. The molecule has 1 N–H and O–H groups in total. The Kier molecular flexibility index (Phi) is 5.53. The van der Waals surface area contributed by atoms with Crippen LogP contribution in [0.15, 0.2) is 47.1 Å². The van der Waals surface area contributed by atoms with E-state index in [4.69, 9.17) is 4.42 Å². The predicted molar refractivity (Wildman–Crippen MR) is 94.9 cm³/mol. The Hall–Kier alpha value is -2.56. The highest BCUT2D eigenvalue weighted by atomic mass is 16.3. The summed E-state index contributed by atoms with van der Waals surface area (Å²) in [5.74, 6) is 0.831. The standard InChI is InChI=1S/C20H24N2O3/c1-15(23)21-14-16-8-10-17(11-9-16)20(24)22-12-4-2-3-6-18(22)19-7-5-13-25-19/h5,7-11,13,18H,2-4,6,12,14H2,1H3,(H,21,23)/t18-/m0/s1. The van der Waals surface area contributed by atoms with Crippen LogP contribution in [0.5, 0.6) is 0 Å². The van der Waals surface area contributed by atoms with Gasteiger partial charge in [-0.25, -0.2) is 0 Å². The average molecular weight is 340 g/mol. The van der Waals surface area contributed by atoms with Crippen LogP contribution in [-0.4, -0.2) is 23.3 Å². The van der Waals surface area contributed by atoms with E-state index in [9.17, 15) is 9.59 Å². The van der Waals surface area contributed by atoms with Gasteiger partial charge < -0.3 is 14.6 Å². The van der Waals surface area contributed by atoms with Crippen LogP contribution in [0.1, 0.15) is 60.3 Å². The van der Waals surface area contributed by atoms with Gasteiger partial charge in [-0.15, -0.1) is 0 Å². The van der Waals surface area contributed by atoms with E-state index in [0.29, 0.717) is 12.1 Å². The fourth-order valence-electron chi connectivity index (χ4n) is 3.29. The second-order valence-corrected chi connectivity index (χ2v) is 6.49. The van der Waals surface area contributed by atoms with Gasteiger partial charge in [-0.05, 0) is 42.7 Å². The zero-order valence-electron chi connectivity index (χ0n) is 14.5. The third kappa shape index (κ3) is 4.29. The van der Waals surface area contributed by atoms with Crippen LogP contribution >= 0.6 is 0 Å². The first-order chi connectivity index (χ1) is 12.1. The number of hydrogen-bond acceptors (Lipinski definition) is 3. The second kappa shape index (κ2) is 8.01. The molecule has 1 atom stereocenters. The molecule has 0 saturated carbocycles. The number of nitrogens with zero attached hydrogens (tertiary/aromatic N) is 1. The molecule has 1 aliphatic heterocycles. The van der Waals surface area contributed by atoms with Crippen molar-refractivity contribution in [2.45, 2.75) is 45.2 Å². The van der Waals surface area contributed by atoms with E-state index >= 15 is 0 Å². The van der Waals surface area contributed by atoms with Gasteiger partial charge >= 0.3 is 0 Å². The molecule has 0 bridgehead atoms. The number of amides is 2. The molecular weight excluding hydrogens is 316 g/mol. The van der Waals surface area contributed by atoms with Crippen LogP contribution < -0.4 is 5.32 Å². The summed E-state index contributed by atoms with van der Waals surface area (Å²) in [6.07, 6.45) is 5.85. The minimum atomic E-state index is -0.0639. The number of nitrogens with one attached hydrogen (secondary N) is 1. The molecule has 5 heteroatoms. The third-order valence-electron chi connectivity index (χ3n) is 4.63. The third-order valence-corrected chi connectivity index (χ3v) is 4.63. The monoisotopic (exact) mass is 340 g/mol. The van der Waals surface area contributed by atoms with E-state index in [0.717, 1.165) is 43.6 Å². The first-order valence-electron chi connectivity index (χ1n) is 8.83. The summed E-state index contributed by atoms with van der Waals surface area (Å²) in [5, 5.41) is 2.76. The minimum Gasteiger partial charge on any atom is -0.467 e. The van der Waals surface area contributed by atoms with Crippen molar-refractivity contribution in [1.82, 2.24) is 10.2 Å². The molecule has 2 amide bonds. The molecule has 0 radical (unpaired) electrons. The number of benzene rings is 1. The van der Waals surface area contributed by atoms with Crippen LogP contribution in [-0.2, 0) is 11.3 Å². The predicted octanol–water partition coefficient (Wildman–Crippen LogP) is 3.67. The van der Waals surface area contributed by atoms with Crippen molar-refractivity contribution in [1.29, 1.82) is 0 Å². The van der Waals surface area contributed by atoms with Crippen molar-refractivity contribution in [3.05, 3.63) is 59.5 Å². The normalized spacial score (nSPS) is 17.8. The highest BCUT2D eigenvalue weighted by Crippen LogP contribution is 2.31. The SMILES string of the molecule is CC(=O)NCc1ccc(C(=O)N2CCCCC[C@H]2c2ccco2)cc1. The molecule has 3 rings (SSSR count). The summed E-state index contributed by atoms with van der Waals surface area (Å²) < 4.78 is 5.58. The molecule has 1 saturated heterocycles. The largest absolute Gasteiger partial charge is 0.467 e. The first kappa shape index (κ1) is 17.3. The molecule has 1 aromatic carbocycles. The Bertz CT molecular complexity index is 707. The van der Waals surface area contributed by atoms with E-state index < -0.39 is 0 Å². The van der Waals surface area contributed by atoms with Gasteiger partial charge in [0.1, 0.15) is 5.76 Å². The zero-order valence-corrected chi connectivity index (χ0v) is 14.5. The molecule has 0 unspecified atom stereocenters. The second-order valence-electron chi connectivity index (χ2n) is 6.49. The lowest BCUT2D eigenvalue weighted by atomic mass is 10.1. The summed E-state index contributed by atoms with van der Waals surface area (Å²) in [6, 6.07) is 11.3. The van der Waals surface area contributed by atoms with Crippen molar-refractivity contribution < 1.29 is 14.0 Å². The molecule has 132 valence electrons. The molecule has 5 nitrogen and oxygen atoms in total. The molecule has 1 fully saturated rings. The lowest BCUT2D eigenvalue weighted by Crippen LogP contribution is -2.34. The Labute approximate surface area is 148 Å². The van der Waals surface area contributed by atoms with Gasteiger partial charge in [0.25, 0.3) is 5.91 Å². The topological polar surface area (TPSA) is 62.6 Å². The Morgan fingerprint density at radius 1 is 1.16 bits per heavy atom. The van der Waals surface area contributed by atoms with Crippen molar-refractivity contribution in [2.24, 2.45) is 0 Å². The molecule has 0 spiro atoms. The van der Waals surface area contributed by atoms with Gasteiger partial charge in [-0.3, -0.25) is 9.59 Å². The lowest BCUT2D eigenvalue weighted by molar-refractivity contribution is -0.119. The number of carbonyl (C=O) groups is 2. The fraction of sp³-hybridized carbons (Fsp3) is 0.400. The van der Waals surface area contributed by atoms with Gasteiger partial charge in [0.05, 0.1) is 12.3 Å². The summed E-state index contributed by atoms with van der Waals surface area (Å²) in [4.78, 5) is 26.0. The van der Waals surface area contributed by atoms with Crippen molar-refractivity contribution in [3.8, 4) is 0 Å². The maximum Gasteiger partial charge on any atom is 0.254 e. The Morgan fingerprint density at radius 3 is 2.64 bits per heavy atom. The van der Waals surface area contributed by atoms with E-state index in [2.05, 4.69) is 5.32 Å². The number of carbonyl (C=O) groups excluding carboxylic acids is 2. The lowest BCUT2D eigenvalue weighted by Gasteiger charge is -2.28. The summed E-state index contributed by atoms with van der Waals surface area (Å²) in [5.41, 5.74) is 1.65. The molecule has 25 heavy (non-hydrogen) atoms. The molecular formula is C20H24N2O3. The van der Waals surface area contributed by atoms with Gasteiger partial charge in [0.15, 0.2) is 0 Å². The van der Waals surface area contributed by atoms with Crippen molar-refractivity contribution >= 4 is 11.8 Å². The van der Waals surface area contributed by atoms with Crippen molar-refractivity contribution in [2.75, 3.05) is 6.54 Å². The number of rotatable bonds is 4. The van der Waals surface area contributed by atoms with Gasteiger partial charge in [-0.2, -0.15) is 0 Å². The molecule has 2 heterocycles. The molecule has 1 aromatic heterocycles. The van der Waals surface area contributed by atoms with Gasteiger partial charge in [0, 0.05) is 25.6 Å². The zero-order chi connectivity index (χ0) is 17.6. The van der Waals surface area contributed by atoms with Crippen LogP contribution in [0, 0.1) is 0 Å². The maximum atomic E-state index is 13.1. The van der Waals surface area contributed by atoms with E-state index in [1.807, 2.05) is 41.3 Å². The molecule has 2 aromatic rings. The summed E-state index contributed by atoms with van der Waals surface area (Å²) >= 11 is 0. The first-order valence-corrected chi connectivity index (χ1v) is 8.83. The number of likely N-dealkylation sites (tertiary alicyclic amines) is 1. The van der Waals surface area contributed by atoms with Crippen LogP contribution in [0.2, 0.25) is 0 Å². The number of hydrogen-bond donors (Lipinski definition) is 1. The molecule has 1 aliphatic rings. The van der Waals surface area contributed by atoms with Crippen LogP contribution in [0.3, 0.4) is 0 Å². The Balaban J connectivity index is 1.76. The summed E-state index contributed by atoms with van der Waals surface area (Å²) in [6.45, 7) is 2.71. The van der Waals surface area contributed by atoms with Crippen LogP contribution in [0.25, 0.3) is 0 Å². The van der Waals surface area contributed by atoms with E-state index in [1.165, 1.54) is 6.92 Å². The minimum absolute atomic E-state index is 0.00376. The van der Waals surface area contributed by atoms with Crippen molar-refractivity contribution in [3.63, 3.8) is 0 Å². The smallest absolute Gasteiger partial charge is 0.254 e. The quantitative estimate of drug-likeness (QED) is 0.923. The maximum absolute atomic E-state index is 13.1. The van der Waals surface area contributed by atoms with Gasteiger partial charge in [-0.1, -0.05) is 25.0 Å².